The quantitative estimate of drug-likeness (QED) is 0.451. The van der Waals surface area contributed by atoms with Crippen LogP contribution in [0, 0.1) is 18.3 Å². The topological polar surface area (TPSA) is 63.5 Å². The minimum atomic E-state index is 0.177. The number of hydrogen-bond donors (Lipinski definition) is 2. The molecule has 2 fully saturated rings. The Bertz CT molecular complexity index is 594. The average molecular weight is 348 g/mol. The molecule has 1 aliphatic heterocycles. The van der Waals surface area contributed by atoms with Gasteiger partial charge in [-0.25, -0.2) is 4.98 Å². The number of aliphatic imine (C=N–C) groups is 1. The molecule has 2 N–H and O–H groups in total. The van der Waals surface area contributed by atoms with Crippen LogP contribution in [0.15, 0.2) is 17.4 Å². The third-order valence-electron chi connectivity index (χ3n) is 5.74. The second-order valence-electron chi connectivity index (χ2n) is 7.82. The van der Waals surface area contributed by atoms with E-state index in [1.165, 1.54) is 0 Å². The van der Waals surface area contributed by atoms with Gasteiger partial charge < -0.3 is 19.9 Å². The second-order valence-corrected chi connectivity index (χ2v) is 7.82. The molecule has 1 aliphatic carbocycles. The van der Waals surface area contributed by atoms with Crippen molar-refractivity contribution in [1.82, 2.24) is 20.2 Å². The maximum atomic E-state index is 5.89. The fraction of sp³-hybridized carbons (Fsp3) is 0.789. The summed E-state index contributed by atoms with van der Waals surface area (Å²) in [6.07, 6.45) is 7.68. The summed E-state index contributed by atoms with van der Waals surface area (Å²) in [7, 11) is 0. The zero-order valence-corrected chi connectivity index (χ0v) is 16.1. The summed E-state index contributed by atoms with van der Waals surface area (Å²) < 4.78 is 8.09. The lowest BCUT2D eigenvalue weighted by atomic mass is 9.57. The number of aryl methyl sites for hydroxylation is 2. The predicted octanol–water partition coefficient (Wildman–Crippen LogP) is 2.34. The molecular weight excluding hydrogens is 314 g/mol. The van der Waals surface area contributed by atoms with Crippen LogP contribution < -0.4 is 10.6 Å². The highest BCUT2D eigenvalue weighted by Crippen LogP contribution is 2.52. The molecule has 25 heavy (non-hydrogen) atoms. The molecule has 0 radical (unpaired) electrons. The van der Waals surface area contributed by atoms with Gasteiger partial charge in [0.15, 0.2) is 5.96 Å². The van der Waals surface area contributed by atoms with Crippen molar-refractivity contribution in [2.45, 2.75) is 65.6 Å². The first-order chi connectivity index (χ1) is 12.0. The van der Waals surface area contributed by atoms with Crippen LogP contribution in [0.3, 0.4) is 0 Å². The molecule has 3 rings (SSSR count). The van der Waals surface area contributed by atoms with E-state index >= 15 is 0 Å². The lowest BCUT2D eigenvalue weighted by Gasteiger charge is -2.54. The normalized spacial score (nSPS) is 27.7. The van der Waals surface area contributed by atoms with Gasteiger partial charge in [-0.05, 0) is 33.1 Å². The van der Waals surface area contributed by atoms with Gasteiger partial charge in [0.25, 0.3) is 0 Å². The Balaban J connectivity index is 1.47. The second kappa shape index (κ2) is 7.77. The van der Waals surface area contributed by atoms with Crippen molar-refractivity contribution < 1.29 is 4.74 Å². The molecule has 2 heterocycles. The highest BCUT2D eigenvalue weighted by Gasteiger charge is 2.59. The number of guanidine groups is 1. The van der Waals surface area contributed by atoms with E-state index in [9.17, 15) is 0 Å². The van der Waals surface area contributed by atoms with Gasteiger partial charge in [0.1, 0.15) is 5.82 Å². The molecule has 0 bridgehead atoms. The Kier molecular flexibility index (Phi) is 5.67. The molecule has 2 aliphatic rings. The van der Waals surface area contributed by atoms with Gasteiger partial charge in [-0.3, -0.25) is 4.99 Å². The van der Waals surface area contributed by atoms with Gasteiger partial charge in [0, 0.05) is 56.0 Å². The SMILES string of the molecule is CCNC(=NCCCCn1ccnc1C)NC1C2CCOC2C1(C)C. The van der Waals surface area contributed by atoms with Crippen molar-refractivity contribution in [3.8, 4) is 0 Å². The lowest BCUT2D eigenvalue weighted by Crippen LogP contribution is -2.67. The summed E-state index contributed by atoms with van der Waals surface area (Å²) in [4.78, 5) is 9.05. The van der Waals surface area contributed by atoms with Gasteiger partial charge in [0.2, 0.25) is 0 Å². The molecule has 6 nitrogen and oxygen atoms in total. The van der Waals surface area contributed by atoms with Crippen LogP contribution in [0.4, 0.5) is 0 Å². The van der Waals surface area contributed by atoms with Gasteiger partial charge in [-0.1, -0.05) is 13.8 Å². The van der Waals surface area contributed by atoms with Crippen LogP contribution in [0.5, 0.6) is 0 Å². The van der Waals surface area contributed by atoms with Gasteiger partial charge in [-0.2, -0.15) is 0 Å². The Morgan fingerprint density at radius 3 is 3.00 bits per heavy atom. The predicted molar refractivity (Wildman–Crippen MR) is 101 cm³/mol. The number of nitrogens with one attached hydrogen (secondary N) is 2. The van der Waals surface area contributed by atoms with E-state index in [0.29, 0.717) is 18.1 Å². The zero-order valence-electron chi connectivity index (χ0n) is 16.1. The number of unbranched alkanes of at least 4 members (excludes halogenated alkanes) is 1. The van der Waals surface area contributed by atoms with Gasteiger partial charge >= 0.3 is 0 Å². The molecule has 1 aromatic rings. The number of nitrogens with zero attached hydrogens (tertiary/aromatic N) is 3. The van der Waals surface area contributed by atoms with E-state index in [0.717, 1.165) is 57.3 Å². The standard InChI is InChI=1S/C19H33N5O/c1-5-20-18(22-9-6-7-11-24-12-10-21-14(24)2)23-16-15-8-13-25-17(15)19(16,3)4/h10,12,15-17H,5-9,11,13H2,1-4H3,(H2,20,22,23). The first-order valence-corrected chi connectivity index (χ1v) is 9.68. The largest absolute Gasteiger partial charge is 0.377 e. The first kappa shape index (κ1) is 18.2. The van der Waals surface area contributed by atoms with E-state index in [1.54, 1.807) is 0 Å². The average Bonchev–Trinajstić information content (AvgIpc) is 3.20. The Hall–Kier alpha value is -1.56. The molecule has 140 valence electrons. The summed E-state index contributed by atoms with van der Waals surface area (Å²) >= 11 is 0. The van der Waals surface area contributed by atoms with Crippen molar-refractivity contribution in [3.05, 3.63) is 18.2 Å². The Morgan fingerprint density at radius 2 is 2.28 bits per heavy atom. The van der Waals surface area contributed by atoms with Crippen molar-refractivity contribution in [2.75, 3.05) is 19.7 Å². The number of aromatic nitrogens is 2. The molecule has 1 aromatic heterocycles. The molecule has 1 saturated carbocycles. The fourth-order valence-electron chi connectivity index (χ4n) is 4.31. The Labute approximate surface area is 151 Å². The van der Waals surface area contributed by atoms with E-state index in [1.807, 2.05) is 19.3 Å². The molecular formula is C19H33N5O. The van der Waals surface area contributed by atoms with Crippen molar-refractivity contribution in [3.63, 3.8) is 0 Å². The highest BCUT2D eigenvalue weighted by molar-refractivity contribution is 5.80. The van der Waals surface area contributed by atoms with E-state index in [2.05, 4.69) is 41.0 Å². The molecule has 0 aromatic carbocycles. The molecule has 6 heteroatoms. The van der Waals surface area contributed by atoms with Crippen LogP contribution in [-0.4, -0.2) is 47.4 Å². The van der Waals surface area contributed by atoms with Crippen molar-refractivity contribution in [1.29, 1.82) is 0 Å². The summed E-state index contributed by atoms with van der Waals surface area (Å²) in [6, 6.07) is 0.450. The molecule has 0 spiro atoms. The number of imidazole rings is 1. The van der Waals surface area contributed by atoms with E-state index in [4.69, 9.17) is 9.73 Å². The number of fused-ring (bicyclic) bond motifs is 1. The summed E-state index contributed by atoms with van der Waals surface area (Å²) in [5.41, 5.74) is 0.177. The van der Waals surface area contributed by atoms with Crippen molar-refractivity contribution in [2.24, 2.45) is 16.3 Å². The smallest absolute Gasteiger partial charge is 0.191 e. The lowest BCUT2D eigenvalue weighted by molar-refractivity contribution is -0.106. The minimum absolute atomic E-state index is 0.177. The van der Waals surface area contributed by atoms with Crippen LogP contribution >= 0.6 is 0 Å². The summed E-state index contributed by atoms with van der Waals surface area (Å²) in [5.74, 6) is 2.66. The summed E-state index contributed by atoms with van der Waals surface area (Å²) in [5, 5.41) is 7.07. The number of ether oxygens (including phenoxy) is 1. The zero-order chi connectivity index (χ0) is 17.9. The van der Waals surface area contributed by atoms with E-state index in [-0.39, 0.29) is 5.41 Å². The number of hydrogen-bond acceptors (Lipinski definition) is 3. The van der Waals surface area contributed by atoms with Crippen LogP contribution in [0.25, 0.3) is 0 Å². The third kappa shape index (κ3) is 3.84. The van der Waals surface area contributed by atoms with E-state index < -0.39 is 0 Å². The van der Waals surface area contributed by atoms with Crippen molar-refractivity contribution >= 4 is 5.96 Å². The molecule has 3 unspecified atom stereocenters. The minimum Gasteiger partial charge on any atom is -0.377 e. The summed E-state index contributed by atoms with van der Waals surface area (Å²) in [6.45, 7) is 12.4. The molecule has 0 amide bonds. The highest BCUT2D eigenvalue weighted by atomic mass is 16.5. The fourth-order valence-corrected chi connectivity index (χ4v) is 4.31. The number of rotatable bonds is 7. The maximum Gasteiger partial charge on any atom is 0.191 e. The van der Waals surface area contributed by atoms with Crippen LogP contribution in [0.1, 0.15) is 45.9 Å². The van der Waals surface area contributed by atoms with Gasteiger partial charge in [-0.15, -0.1) is 0 Å². The molecule has 3 atom stereocenters. The molecule has 1 saturated heterocycles. The Morgan fingerprint density at radius 1 is 1.44 bits per heavy atom. The third-order valence-corrected chi connectivity index (χ3v) is 5.74. The first-order valence-electron chi connectivity index (χ1n) is 9.68. The maximum absolute atomic E-state index is 5.89. The monoisotopic (exact) mass is 347 g/mol. The van der Waals surface area contributed by atoms with Gasteiger partial charge in [0.05, 0.1) is 6.10 Å². The van der Waals surface area contributed by atoms with Crippen LogP contribution in [0.2, 0.25) is 0 Å². The van der Waals surface area contributed by atoms with Crippen LogP contribution in [-0.2, 0) is 11.3 Å².